The molecule has 0 saturated carbocycles. The number of fused-ring (bicyclic) bond motifs is 1. The smallest absolute Gasteiger partial charge is 0.253 e. The summed E-state index contributed by atoms with van der Waals surface area (Å²) in [4.78, 5) is 25.9. The van der Waals surface area contributed by atoms with Crippen molar-refractivity contribution in [2.45, 2.75) is 38.8 Å². The Hall–Kier alpha value is -2.70. The van der Waals surface area contributed by atoms with Gasteiger partial charge in [0, 0.05) is 38.2 Å². The van der Waals surface area contributed by atoms with Crippen molar-refractivity contribution in [3.63, 3.8) is 0 Å². The predicted octanol–water partition coefficient (Wildman–Crippen LogP) is 1.64. The van der Waals surface area contributed by atoms with Crippen LogP contribution in [-0.2, 0) is 19.5 Å². The van der Waals surface area contributed by atoms with Crippen LogP contribution in [0, 0.1) is 0 Å². The minimum atomic E-state index is -0.223. The van der Waals surface area contributed by atoms with E-state index in [0.717, 1.165) is 37.5 Å². The van der Waals surface area contributed by atoms with Gasteiger partial charge in [0.1, 0.15) is 5.82 Å². The van der Waals surface area contributed by atoms with Crippen molar-refractivity contribution in [2.24, 2.45) is 0 Å². The third kappa shape index (κ3) is 3.87. The van der Waals surface area contributed by atoms with Crippen molar-refractivity contribution >= 4 is 11.8 Å². The third-order valence-electron chi connectivity index (χ3n) is 4.37. The number of nitrogens with one attached hydrogen (secondary N) is 1. The summed E-state index contributed by atoms with van der Waals surface area (Å²) in [5.41, 5.74) is 0.956. The van der Waals surface area contributed by atoms with Crippen LogP contribution < -0.4 is 5.32 Å². The van der Waals surface area contributed by atoms with Gasteiger partial charge in [-0.3, -0.25) is 9.59 Å². The quantitative estimate of drug-likeness (QED) is 0.917. The first-order chi connectivity index (χ1) is 12.1. The third-order valence-corrected chi connectivity index (χ3v) is 4.37. The standard InChI is InChI=1S/C18H23N5O2/c1-22(2)18(25)14-8-6-7-13(11-14)17(24)19-12-16-21-20-15-9-4-3-5-10-23(15)16/h6-8,11H,3-5,9-10,12H2,1-2H3,(H,19,24). The summed E-state index contributed by atoms with van der Waals surface area (Å²) in [6.07, 6.45) is 4.38. The van der Waals surface area contributed by atoms with Crippen LogP contribution in [0.3, 0.4) is 0 Å². The molecule has 0 unspecified atom stereocenters. The first kappa shape index (κ1) is 17.1. The molecule has 7 nitrogen and oxygen atoms in total. The number of hydrogen-bond acceptors (Lipinski definition) is 4. The van der Waals surface area contributed by atoms with E-state index in [9.17, 15) is 9.59 Å². The Bertz CT molecular complexity index is 782. The highest BCUT2D eigenvalue weighted by atomic mass is 16.2. The molecule has 25 heavy (non-hydrogen) atoms. The van der Waals surface area contributed by atoms with Gasteiger partial charge in [0.05, 0.1) is 6.54 Å². The summed E-state index contributed by atoms with van der Waals surface area (Å²) in [5.74, 6) is 1.43. The van der Waals surface area contributed by atoms with Gasteiger partial charge < -0.3 is 14.8 Å². The van der Waals surface area contributed by atoms with Crippen LogP contribution in [0.5, 0.6) is 0 Å². The number of rotatable bonds is 4. The van der Waals surface area contributed by atoms with Crippen molar-refractivity contribution in [1.82, 2.24) is 25.0 Å². The molecule has 1 aliphatic rings. The molecule has 132 valence electrons. The molecule has 2 amide bonds. The highest BCUT2D eigenvalue weighted by Crippen LogP contribution is 2.14. The first-order valence-corrected chi connectivity index (χ1v) is 8.57. The molecule has 0 spiro atoms. The van der Waals surface area contributed by atoms with Gasteiger partial charge in [-0.25, -0.2) is 0 Å². The van der Waals surface area contributed by atoms with Crippen molar-refractivity contribution in [3.8, 4) is 0 Å². The zero-order valence-electron chi connectivity index (χ0n) is 14.7. The van der Waals surface area contributed by atoms with Gasteiger partial charge >= 0.3 is 0 Å². The summed E-state index contributed by atoms with van der Waals surface area (Å²) in [7, 11) is 3.37. The molecule has 0 fully saturated rings. The molecular weight excluding hydrogens is 318 g/mol. The van der Waals surface area contributed by atoms with Crippen molar-refractivity contribution < 1.29 is 9.59 Å². The molecule has 7 heteroatoms. The largest absolute Gasteiger partial charge is 0.345 e. The van der Waals surface area contributed by atoms with E-state index in [1.54, 1.807) is 38.4 Å². The molecular formula is C18H23N5O2. The van der Waals surface area contributed by atoms with Gasteiger partial charge in [-0.1, -0.05) is 12.5 Å². The van der Waals surface area contributed by atoms with Crippen LogP contribution in [0.1, 0.15) is 51.6 Å². The van der Waals surface area contributed by atoms with E-state index in [2.05, 4.69) is 20.1 Å². The molecule has 0 aliphatic carbocycles. The van der Waals surface area contributed by atoms with E-state index in [1.807, 2.05) is 0 Å². The number of aromatic nitrogens is 3. The SMILES string of the molecule is CN(C)C(=O)c1cccc(C(=O)NCc2nnc3n2CCCCC3)c1. The zero-order valence-corrected chi connectivity index (χ0v) is 14.7. The molecule has 0 atom stereocenters. The molecule has 1 aromatic carbocycles. The number of carbonyl (C=O) groups is 2. The molecule has 2 aromatic rings. The molecule has 2 heterocycles. The lowest BCUT2D eigenvalue weighted by Crippen LogP contribution is -2.26. The van der Waals surface area contributed by atoms with Crippen LogP contribution in [0.2, 0.25) is 0 Å². The van der Waals surface area contributed by atoms with E-state index < -0.39 is 0 Å². The highest BCUT2D eigenvalue weighted by Gasteiger charge is 2.16. The van der Waals surface area contributed by atoms with E-state index in [4.69, 9.17) is 0 Å². The number of hydrogen-bond donors (Lipinski definition) is 1. The second-order valence-corrected chi connectivity index (χ2v) is 6.46. The number of amides is 2. The number of benzene rings is 1. The van der Waals surface area contributed by atoms with Gasteiger partial charge in [-0.2, -0.15) is 0 Å². The summed E-state index contributed by atoms with van der Waals surface area (Å²) < 4.78 is 2.11. The molecule has 0 radical (unpaired) electrons. The molecule has 1 N–H and O–H groups in total. The Morgan fingerprint density at radius 1 is 1.16 bits per heavy atom. The fraction of sp³-hybridized carbons (Fsp3) is 0.444. The number of carbonyl (C=O) groups excluding carboxylic acids is 2. The predicted molar refractivity (Wildman–Crippen MR) is 93.2 cm³/mol. The summed E-state index contributed by atoms with van der Waals surface area (Å²) in [6, 6.07) is 6.74. The molecule has 3 rings (SSSR count). The van der Waals surface area contributed by atoms with Gasteiger partial charge in [0.25, 0.3) is 11.8 Å². The molecule has 1 aromatic heterocycles. The number of nitrogens with zero attached hydrogens (tertiary/aromatic N) is 4. The van der Waals surface area contributed by atoms with E-state index in [1.165, 1.54) is 11.3 Å². The molecule has 0 saturated heterocycles. The average molecular weight is 341 g/mol. The second kappa shape index (κ2) is 7.46. The summed E-state index contributed by atoms with van der Waals surface area (Å²) in [5, 5.41) is 11.3. The van der Waals surface area contributed by atoms with Crippen LogP contribution >= 0.6 is 0 Å². The fourth-order valence-corrected chi connectivity index (χ4v) is 2.99. The topological polar surface area (TPSA) is 80.1 Å². The van der Waals surface area contributed by atoms with Crippen molar-refractivity contribution in [2.75, 3.05) is 14.1 Å². The Kier molecular flexibility index (Phi) is 5.11. The van der Waals surface area contributed by atoms with Crippen LogP contribution in [-0.4, -0.2) is 45.6 Å². The van der Waals surface area contributed by atoms with Crippen LogP contribution in [0.15, 0.2) is 24.3 Å². The first-order valence-electron chi connectivity index (χ1n) is 8.57. The maximum atomic E-state index is 12.4. The Labute approximate surface area is 147 Å². The van der Waals surface area contributed by atoms with E-state index in [0.29, 0.717) is 17.7 Å². The summed E-state index contributed by atoms with van der Waals surface area (Å²) in [6.45, 7) is 1.23. The minimum absolute atomic E-state index is 0.127. The Balaban J connectivity index is 1.68. The van der Waals surface area contributed by atoms with Crippen LogP contribution in [0.25, 0.3) is 0 Å². The second-order valence-electron chi connectivity index (χ2n) is 6.46. The van der Waals surface area contributed by atoms with E-state index >= 15 is 0 Å². The average Bonchev–Trinajstić information content (AvgIpc) is 2.85. The van der Waals surface area contributed by atoms with Crippen molar-refractivity contribution in [3.05, 3.63) is 47.0 Å². The Morgan fingerprint density at radius 3 is 2.76 bits per heavy atom. The zero-order chi connectivity index (χ0) is 17.8. The van der Waals surface area contributed by atoms with Gasteiger partial charge in [-0.15, -0.1) is 10.2 Å². The minimum Gasteiger partial charge on any atom is -0.345 e. The highest BCUT2D eigenvalue weighted by molar-refractivity contribution is 5.99. The maximum absolute atomic E-state index is 12.4. The number of aryl methyl sites for hydroxylation is 1. The Morgan fingerprint density at radius 2 is 1.96 bits per heavy atom. The maximum Gasteiger partial charge on any atom is 0.253 e. The fourth-order valence-electron chi connectivity index (χ4n) is 2.99. The summed E-state index contributed by atoms with van der Waals surface area (Å²) >= 11 is 0. The lowest BCUT2D eigenvalue weighted by molar-refractivity contribution is 0.0827. The van der Waals surface area contributed by atoms with Gasteiger partial charge in [0.2, 0.25) is 0 Å². The van der Waals surface area contributed by atoms with Crippen molar-refractivity contribution in [1.29, 1.82) is 0 Å². The lowest BCUT2D eigenvalue weighted by Gasteiger charge is -2.11. The monoisotopic (exact) mass is 341 g/mol. The van der Waals surface area contributed by atoms with Gasteiger partial charge in [0.15, 0.2) is 5.82 Å². The lowest BCUT2D eigenvalue weighted by atomic mass is 10.1. The molecule has 0 bridgehead atoms. The van der Waals surface area contributed by atoms with Crippen LogP contribution in [0.4, 0.5) is 0 Å². The van der Waals surface area contributed by atoms with E-state index in [-0.39, 0.29) is 11.8 Å². The van der Waals surface area contributed by atoms with Gasteiger partial charge in [-0.05, 0) is 31.0 Å². The molecule has 1 aliphatic heterocycles. The normalized spacial score (nSPS) is 13.7.